The topological polar surface area (TPSA) is 23.6 Å². The second-order valence-electron chi connectivity index (χ2n) is 2.72. The molecule has 0 bridgehead atoms. The summed E-state index contributed by atoms with van der Waals surface area (Å²) in [6.45, 7) is 10.2. The Labute approximate surface area is 74.6 Å². The summed E-state index contributed by atoms with van der Waals surface area (Å²) in [6, 6.07) is 0. The number of nitrogens with zero attached hydrogens (tertiary/aromatic N) is 2. The van der Waals surface area contributed by atoms with Gasteiger partial charge in [0, 0.05) is 25.7 Å². The molecule has 12 heavy (non-hydrogen) atoms. The number of hydrogen-bond donors (Lipinski definition) is 0. The Bertz CT molecular complexity index is 177. The first kappa shape index (κ1) is 11.0. The summed E-state index contributed by atoms with van der Waals surface area (Å²) in [5, 5.41) is 3.47. The van der Waals surface area contributed by atoms with E-state index in [4.69, 9.17) is 0 Å². The zero-order chi connectivity index (χ0) is 9.72. The third-order valence-electron chi connectivity index (χ3n) is 1.80. The van der Waals surface area contributed by atoms with E-state index in [1.165, 1.54) is 0 Å². The summed E-state index contributed by atoms with van der Waals surface area (Å²) < 4.78 is 0. The van der Waals surface area contributed by atoms with E-state index < -0.39 is 0 Å². The average molecular weight is 170 g/mol. The zero-order valence-electron chi connectivity index (χ0n) is 8.42. The van der Waals surface area contributed by atoms with Crippen molar-refractivity contribution >= 4 is 5.91 Å². The molecule has 0 rings (SSSR count). The number of hydrogen-bond acceptors (Lipinski definition) is 2. The van der Waals surface area contributed by atoms with E-state index in [-0.39, 0.29) is 5.91 Å². The number of carbonyl (C=O) groups excluding carboxylic acids is 1. The second-order valence-corrected chi connectivity index (χ2v) is 2.72. The molecule has 3 nitrogen and oxygen atoms in total. The van der Waals surface area contributed by atoms with E-state index in [9.17, 15) is 4.79 Å². The molecule has 70 valence electrons. The van der Waals surface area contributed by atoms with Crippen LogP contribution in [0.4, 0.5) is 0 Å². The molecule has 0 radical (unpaired) electrons. The summed E-state index contributed by atoms with van der Waals surface area (Å²) in [5.41, 5.74) is 0.874. The van der Waals surface area contributed by atoms with Gasteiger partial charge >= 0.3 is 0 Å². The fourth-order valence-corrected chi connectivity index (χ4v) is 0.944. The molecule has 0 aromatic heterocycles. The van der Waals surface area contributed by atoms with Crippen molar-refractivity contribution in [1.82, 2.24) is 10.0 Å². The maximum Gasteiger partial charge on any atom is 0.240 e. The smallest absolute Gasteiger partial charge is 0.240 e. The molecule has 3 heteroatoms. The molecule has 0 heterocycles. The van der Waals surface area contributed by atoms with Crippen molar-refractivity contribution in [1.29, 1.82) is 0 Å². The van der Waals surface area contributed by atoms with Gasteiger partial charge in [0.25, 0.3) is 0 Å². The predicted octanol–water partition coefficient (Wildman–Crippen LogP) is 1.63. The molecule has 0 atom stereocenters. The first-order chi connectivity index (χ1) is 5.54. The van der Waals surface area contributed by atoms with Crippen molar-refractivity contribution in [3.8, 4) is 0 Å². The Kier molecular flexibility index (Phi) is 4.40. The van der Waals surface area contributed by atoms with E-state index >= 15 is 0 Å². The van der Waals surface area contributed by atoms with Crippen molar-refractivity contribution < 1.29 is 4.79 Å². The van der Waals surface area contributed by atoms with Crippen LogP contribution in [0.3, 0.4) is 0 Å². The molecule has 0 aliphatic carbocycles. The van der Waals surface area contributed by atoms with Gasteiger partial charge in [-0.25, -0.2) is 0 Å². The largest absolute Gasteiger partial charge is 0.291 e. The van der Waals surface area contributed by atoms with Gasteiger partial charge in [-0.05, 0) is 13.8 Å². The van der Waals surface area contributed by atoms with Gasteiger partial charge in [-0.15, -0.1) is 0 Å². The van der Waals surface area contributed by atoms with E-state index in [1.807, 2.05) is 27.8 Å². The zero-order valence-corrected chi connectivity index (χ0v) is 8.42. The predicted molar refractivity (Wildman–Crippen MR) is 50.3 cm³/mol. The molecule has 0 aromatic carbocycles. The van der Waals surface area contributed by atoms with Gasteiger partial charge in [-0.1, -0.05) is 13.5 Å². The molecular weight excluding hydrogens is 152 g/mol. The third-order valence-corrected chi connectivity index (χ3v) is 1.80. The van der Waals surface area contributed by atoms with E-state index in [2.05, 4.69) is 6.58 Å². The maximum absolute atomic E-state index is 11.3. The van der Waals surface area contributed by atoms with Crippen LogP contribution in [0.25, 0.3) is 0 Å². The SMILES string of the molecule is C=C(C)N(C)N(CC)C(=O)CC. The number of amides is 1. The summed E-state index contributed by atoms with van der Waals surface area (Å²) in [6.07, 6.45) is 0.533. The monoisotopic (exact) mass is 170 g/mol. The van der Waals surface area contributed by atoms with Gasteiger partial charge in [-0.2, -0.15) is 0 Å². The number of rotatable bonds is 4. The minimum atomic E-state index is 0.128. The van der Waals surface area contributed by atoms with Crippen LogP contribution >= 0.6 is 0 Å². The van der Waals surface area contributed by atoms with Crippen molar-refractivity contribution in [2.75, 3.05) is 13.6 Å². The third kappa shape index (κ3) is 2.57. The van der Waals surface area contributed by atoms with Crippen molar-refractivity contribution in [3.63, 3.8) is 0 Å². The lowest BCUT2D eigenvalue weighted by atomic mass is 10.4. The van der Waals surface area contributed by atoms with Crippen LogP contribution in [0.1, 0.15) is 27.2 Å². The van der Waals surface area contributed by atoms with E-state index in [1.54, 1.807) is 10.0 Å². The van der Waals surface area contributed by atoms with Crippen molar-refractivity contribution in [2.45, 2.75) is 27.2 Å². The highest BCUT2D eigenvalue weighted by atomic mass is 16.2. The lowest BCUT2D eigenvalue weighted by Crippen LogP contribution is -2.42. The van der Waals surface area contributed by atoms with Crippen molar-refractivity contribution in [2.24, 2.45) is 0 Å². The minimum Gasteiger partial charge on any atom is -0.291 e. The molecule has 0 N–H and O–H groups in total. The van der Waals surface area contributed by atoms with Crippen LogP contribution < -0.4 is 0 Å². The molecule has 0 unspecified atom stereocenters. The van der Waals surface area contributed by atoms with Crippen LogP contribution in [0.5, 0.6) is 0 Å². The van der Waals surface area contributed by atoms with E-state index in [0.717, 1.165) is 5.70 Å². The second kappa shape index (κ2) is 4.80. The van der Waals surface area contributed by atoms with Gasteiger partial charge in [0.15, 0.2) is 0 Å². The van der Waals surface area contributed by atoms with Crippen LogP contribution in [-0.2, 0) is 4.79 Å². The van der Waals surface area contributed by atoms with Gasteiger partial charge in [0.05, 0.1) is 0 Å². The standard InChI is InChI=1S/C9H18N2O/c1-6-9(12)11(7-2)10(5)8(3)4/h3,6-7H2,1-2,4-5H3. The molecular formula is C9H18N2O. The molecule has 1 amide bonds. The number of allylic oxidation sites excluding steroid dienone is 1. The molecule has 0 spiro atoms. The van der Waals surface area contributed by atoms with Crippen LogP contribution in [0.15, 0.2) is 12.3 Å². The van der Waals surface area contributed by atoms with E-state index in [0.29, 0.717) is 13.0 Å². The minimum absolute atomic E-state index is 0.128. The van der Waals surface area contributed by atoms with Gasteiger partial charge in [0.1, 0.15) is 0 Å². The highest BCUT2D eigenvalue weighted by molar-refractivity contribution is 5.75. The lowest BCUT2D eigenvalue weighted by molar-refractivity contribution is -0.143. The molecule has 0 aliphatic heterocycles. The van der Waals surface area contributed by atoms with Gasteiger partial charge < -0.3 is 0 Å². The van der Waals surface area contributed by atoms with Gasteiger partial charge in [0.2, 0.25) is 5.91 Å². The average Bonchev–Trinajstić information content (AvgIpc) is 2.05. The van der Waals surface area contributed by atoms with Crippen LogP contribution in [-0.4, -0.2) is 29.5 Å². The maximum atomic E-state index is 11.3. The van der Waals surface area contributed by atoms with Crippen LogP contribution in [0.2, 0.25) is 0 Å². The Morgan fingerprint density at radius 1 is 1.42 bits per heavy atom. The Morgan fingerprint density at radius 3 is 2.17 bits per heavy atom. The quantitative estimate of drug-likeness (QED) is 0.599. The molecule has 0 aliphatic rings. The fourth-order valence-electron chi connectivity index (χ4n) is 0.944. The normalized spacial score (nSPS) is 9.33. The molecule has 0 aromatic rings. The molecule has 0 saturated carbocycles. The Hall–Kier alpha value is -0.990. The van der Waals surface area contributed by atoms with Crippen LogP contribution in [0, 0.1) is 0 Å². The molecule has 0 fully saturated rings. The highest BCUT2D eigenvalue weighted by Crippen LogP contribution is 2.04. The molecule has 0 saturated heterocycles. The summed E-state index contributed by atoms with van der Waals surface area (Å²) in [7, 11) is 1.85. The van der Waals surface area contributed by atoms with Crippen molar-refractivity contribution in [3.05, 3.63) is 12.3 Å². The van der Waals surface area contributed by atoms with Gasteiger partial charge in [-0.3, -0.25) is 14.8 Å². The summed E-state index contributed by atoms with van der Waals surface area (Å²) in [4.78, 5) is 11.3. The number of hydrazine groups is 1. The lowest BCUT2D eigenvalue weighted by Gasteiger charge is -2.32. The first-order valence-corrected chi connectivity index (χ1v) is 4.24. The number of carbonyl (C=O) groups is 1. The summed E-state index contributed by atoms with van der Waals surface area (Å²) in [5.74, 6) is 0.128. The first-order valence-electron chi connectivity index (χ1n) is 4.24. The Morgan fingerprint density at radius 2 is 1.92 bits per heavy atom. The highest BCUT2D eigenvalue weighted by Gasteiger charge is 2.13. The summed E-state index contributed by atoms with van der Waals surface area (Å²) >= 11 is 0. The fraction of sp³-hybridized carbons (Fsp3) is 0.667. The Balaban J connectivity index is 4.33.